The SMILES string of the molecule is CC1(C)c2ccccc2N(c2ccc(C=C3C(=O)c4ccccc4C3=O)s2)c2ncccc21. The number of carbonyl (C=O) groups excluding carboxylic acids is 2. The first-order chi connectivity index (χ1) is 16.0. The minimum absolute atomic E-state index is 0.173. The zero-order valence-electron chi connectivity index (χ0n) is 18.2. The van der Waals surface area contributed by atoms with Crippen LogP contribution in [-0.2, 0) is 5.41 Å². The Morgan fingerprint density at radius 2 is 1.48 bits per heavy atom. The normalized spacial score (nSPS) is 15.8. The third kappa shape index (κ3) is 2.86. The number of carbonyl (C=O) groups is 2. The van der Waals surface area contributed by atoms with E-state index in [0.29, 0.717) is 11.1 Å². The number of hydrogen-bond donors (Lipinski definition) is 0. The molecular weight excluding hydrogens is 428 g/mol. The molecule has 0 amide bonds. The molecular formula is C28H20N2O2S. The van der Waals surface area contributed by atoms with Gasteiger partial charge >= 0.3 is 0 Å². The summed E-state index contributed by atoms with van der Waals surface area (Å²) in [5.74, 6) is 0.493. The Bertz CT molecular complexity index is 1410. The summed E-state index contributed by atoms with van der Waals surface area (Å²) >= 11 is 1.54. The Morgan fingerprint density at radius 1 is 0.818 bits per heavy atom. The van der Waals surface area contributed by atoms with Crippen molar-refractivity contribution in [2.45, 2.75) is 19.3 Å². The average molecular weight is 449 g/mol. The molecule has 33 heavy (non-hydrogen) atoms. The molecule has 0 bridgehead atoms. The van der Waals surface area contributed by atoms with Crippen LogP contribution in [0.15, 0.2) is 84.6 Å². The van der Waals surface area contributed by atoms with Crippen molar-refractivity contribution in [2.24, 2.45) is 0 Å². The van der Waals surface area contributed by atoms with E-state index >= 15 is 0 Å². The van der Waals surface area contributed by atoms with Crippen LogP contribution in [0.2, 0.25) is 0 Å². The van der Waals surface area contributed by atoms with Gasteiger partial charge < -0.3 is 0 Å². The van der Waals surface area contributed by atoms with Crippen LogP contribution in [-0.4, -0.2) is 16.6 Å². The number of aromatic nitrogens is 1. The molecule has 0 spiro atoms. The van der Waals surface area contributed by atoms with Gasteiger partial charge in [-0.1, -0.05) is 62.4 Å². The van der Waals surface area contributed by atoms with Gasteiger partial charge in [0.1, 0.15) is 10.8 Å². The number of nitrogens with zero attached hydrogens (tertiary/aromatic N) is 2. The number of anilines is 3. The Balaban J connectivity index is 1.45. The van der Waals surface area contributed by atoms with Crippen molar-refractivity contribution in [3.63, 3.8) is 0 Å². The Morgan fingerprint density at radius 3 is 2.24 bits per heavy atom. The first-order valence-corrected chi connectivity index (χ1v) is 11.6. The smallest absolute Gasteiger partial charge is 0.197 e. The highest BCUT2D eigenvalue weighted by atomic mass is 32.1. The zero-order valence-corrected chi connectivity index (χ0v) is 19.0. The second-order valence-electron chi connectivity index (χ2n) is 8.79. The first kappa shape index (κ1) is 19.8. The zero-order chi connectivity index (χ0) is 22.7. The number of ketones is 2. The molecule has 4 aromatic rings. The second kappa shape index (κ2) is 7.09. The van der Waals surface area contributed by atoms with Crippen LogP contribution in [0, 0.1) is 0 Å². The van der Waals surface area contributed by atoms with Gasteiger partial charge in [0, 0.05) is 33.2 Å². The van der Waals surface area contributed by atoms with Gasteiger partial charge in [-0.15, -0.1) is 11.3 Å². The van der Waals surface area contributed by atoms with E-state index < -0.39 is 0 Å². The molecule has 2 aromatic heterocycles. The summed E-state index contributed by atoms with van der Waals surface area (Å²) in [7, 11) is 0. The molecule has 2 aromatic carbocycles. The number of pyridine rings is 1. The molecule has 0 N–H and O–H groups in total. The maximum atomic E-state index is 12.8. The van der Waals surface area contributed by atoms with Gasteiger partial charge in [-0.2, -0.15) is 0 Å². The molecule has 160 valence electrons. The van der Waals surface area contributed by atoms with E-state index in [1.165, 1.54) is 5.56 Å². The van der Waals surface area contributed by atoms with Gasteiger partial charge in [-0.25, -0.2) is 4.98 Å². The van der Waals surface area contributed by atoms with Crippen LogP contribution in [0.25, 0.3) is 6.08 Å². The third-order valence-electron chi connectivity index (χ3n) is 6.52. The fourth-order valence-corrected chi connectivity index (χ4v) is 5.79. The molecule has 0 saturated heterocycles. The number of para-hydroxylation sites is 1. The van der Waals surface area contributed by atoms with Gasteiger partial charge in [0.05, 0.1) is 11.3 Å². The highest BCUT2D eigenvalue weighted by molar-refractivity contribution is 7.17. The van der Waals surface area contributed by atoms with E-state index in [1.807, 2.05) is 30.5 Å². The van der Waals surface area contributed by atoms with E-state index in [9.17, 15) is 9.59 Å². The summed E-state index contributed by atoms with van der Waals surface area (Å²) in [4.78, 5) is 33.4. The van der Waals surface area contributed by atoms with Crippen LogP contribution < -0.4 is 4.90 Å². The van der Waals surface area contributed by atoms with Crippen molar-refractivity contribution in [1.82, 2.24) is 4.98 Å². The maximum Gasteiger partial charge on any atom is 0.197 e. The quantitative estimate of drug-likeness (QED) is 0.252. The minimum Gasteiger partial charge on any atom is -0.288 e. The predicted molar refractivity (Wildman–Crippen MR) is 132 cm³/mol. The van der Waals surface area contributed by atoms with Gasteiger partial charge in [0.25, 0.3) is 0 Å². The van der Waals surface area contributed by atoms with Gasteiger partial charge in [-0.05, 0) is 35.9 Å². The molecule has 0 fully saturated rings. The molecule has 6 rings (SSSR count). The number of rotatable bonds is 2. The number of thiophene rings is 1. The Hall–Kier alpha value is -3.83. The lowest BCUT2D eigenvalue weighted by Crippen LogP contribution is -2.30. The lowest BCUT2D eigenvalue weighted by atomic mass is 9.75. The molecule has 3 heterocycles. The molecule has 0 unspecified atom stereocenters. The largest absolute Gasteiger partial charge is 0.288 e. The summed E-state index contributed by atoms with van der Waals surface area (Å²) in [5.41, 5.74) is 4.50. The van der Waals surface area contributed by atoms with Crippen LogP contribution in [0.3, 0.4) is 0 Å². The molecule has 5 heteroatoms. The molecule has 4 nitrogen and oxygen atoms in total. The van der Waals surface area contributed by atoms with E-state index in [4.69, 9.17) is 4.98 Å². The number of benzene rings is 2. The standard InChI is InChI=1S/C28H20N2O2S/c1-28(2)21-10-5-6-12-23(21)30(27-22(28)11-7-15-29-27)24-14-13-17(33-24)16-20-25(31)18-8-3-4-9-19(18)26(20)32/h3-16H,1-2H3. The van der Waals surface area contributed by atoms with Crippen LogP contribution in [0.1, 0.15) is 50.6 Å². The summed E-state index contributed by atoms with van der Waals surface area (Å²) < 4.78 is 0. The number of fused-ring (bicyclic) bond motifs is 3. The van der Waals surface area contributed by atoms with Crippen molar-refractivity contribution in [3.05, 3.63) is 112 Å². The lowest BCUT2D eigenvalue weighted by Gasteiger charge is -2.40. The van der Waals surface area contributed by atoms with Gasteiger partial charge in [0.2, 0.25) is 0 Å². The summed E-state index contributed by atoms with van der Waals surface area (Å²) in [6, 6.07) is 23.5. The van der Waals surface area contributed by atoms with Crippen LogP contribution in [0.5, 0.6) is 0 Å². The van der Waals surface area contributed by atoms with Gasteiger partial charge in [-0.3, -0.25) is 14.5 Å². The predicted octanol–water partition coefficient (Wildman–Crippen LogP) is 6.71. The summed E-state index contributed by atoms with van der Waals surface area (Å²) in [5, 5.41) is 0.986. The molecule has 0 radical (unpaired) electrons. The highest BCUT2D eigenvalue weighted by Crippen LogP contribution is 2.52. The average Bonchev–Trinajstić information content (AvgIpc) is 3.39. The fraction of sp³-hybridized carbons (Fsp3) is 0.107. The van der Waals surface area contributed by atoms with Crippen LogP contribution in [0.4, 0.5) is 16.5 Å². The fourth-order valence-electron chi connectivity index (χ4n) is 4.83. The molecule has 2 aliphatic rings. The lowest BCUT2D eigenvalue weighted by molar-refractivity contribution is 0.0990. The number of Topliss-reactive ketones (excluding diaryl/α,β-unsaturated/α-hetero) is 2. The number of allylic oxidation sites excluding steroid dienone is 1. The van der Waals surface area contributed by atoms with E-state index in [1.54, 1.807) is 41.7 Å². The second-order valence-corrected chi connectivity index (χ2v) is 9.88. The monoisotopic (exact) mass is 448 g/mol. The van der Waals surface area contributed by atoms with Crippen molar-refractivity contribution in [2.75, 3.05) is 4.90 Å². The van der Waals surface area contributed by atoms with Crippen molar-refractivity contribution < 1.29 is 9.59 Å². The first-order valence-electron chi connectivity index (χ1n) is 10.8. The molecule has 0 atom stereocenters. The van der Waals surface area contributed by atoms with Crippen molar-refractivity contribution in [1.29, 1.82) is 0 Å². The number of hydrogen-bond acceptors (Lipinski definition) is 5. The Kier molecular flexibility index (Phi) is 4.26. The van der Waals surface area contributed by atoms with Crippen molar-refractivity contribution >= 4 is 45.5 Å². The minimum atomic E-state index is -0.206. The van der Waals surface area contributed by atoms with Crippen molar-refractivity contribution in [3.8, 4) is 0 Å². The van der Waals surface area contributed by atoms with E-state index in [0.717, 1.165) is 26.9 Å². The van der Waals surface area contributed by atoms with Crippen LogP contribution >= 0.6 is 11.3 Å². The van der Waals surface area contributed by atoms with E-state index in [-0.39, 0.29) is 22.6 Å². The third-order valence-corrected chi connectivity index (χ3v) is 7.53. The Labute approximate surface area is 195 Å². The molecule has 1 aliphatic carbocycles. The topological polar surface area (TPSA) is 50.3 Å². The molecule has 1 aliphatic heterocycles. The van der Waals surface area contributed by atoms with Gasteiger partial charge in [0.15, 0.2) is 11.6 Å². The van der Waals surface area contributed by atoms with E-state index in [2.05, 4.69) is 43.0 Å². The summed E-state index contributed by atoms with van der Waals surface area (Å²) in [6.07, 6.45) is 3.54. The maximum absolute atomic E-state index is 12.8. The highest BCUT2D eigenvalue weighted by Gasteiger charge is 2.38. The molecule has 0 saturated carbocycles. The summed E-state index contributed by atoms with van der Waals surface area (Å²) in [6.45, 7) is 4.45.